The van der Waals surface area contributed by atoms with Crippen molar-refractivity contribution < 1.29 is 0 Å². The second-order valence-electron chi connectivity index (χ2n) is 20.3. The van der Waals surface area contributed by atoms with Gasteiger partial charge in [0.15, 0.2) is 0 Å². The first-order valence-corrected chi connectivity index (χ1v) is 25.1. The van der Waals surface area contributed by atoms with Gasteiger partial charge >= 0.3 is 0 Å². The molecule has 2 aliphatic rings. The second-order valence-corrected chi connectivity index (χ2v) is 23.5. The lowest BCUT2D eigenvalue weighted by atomic mass is 9.91. The monoisotopic (exact) mass is 920 g/mol. The summed E-state index contributed by atoms with van der Waals surface area (Å²) in [7, 11) is 0. The zero-order valence-electron chi connectivity index (χ0n) is 39.7. The number of nitrogens with zero attached hydrogens (tertiary/aromatic N) is 6. The molecule has 0 spiro atoms. The van der Waals surface area contributed by atoms with Crippen LogP contribution in [0.3, 0.4) is 0 Å². The van der Waals surface area contributed by atoms with Crippen molar-refractivity contribution in [3.8, 4) is 45.0 Å². The Morgan fingerprint density at radius 2 is 0.662 bits per heavy atom. The Hall–Kier alpha value is -6.74. The van der Waals surface area contributed by atoms with Crippen LogP contribution >= 0.6 is 23.5 Å². The van der Waals surface area contributed by atoms with Gasteiger partial charge in [-0.1, -0.05) is 96.3 Å². The average Bonchev–Trinajstić information content (AvgIpc) is 3.99. The minimum absolute atomic E-state index is 0.0212. The average molecular weight is 921 g/mol. The number of hydrogen-bond donors (Lipinski definition) is 0. The van der Waals surface area contributed by atoms with Crippen LogP contribution < -0.4 is 0 Å². The van der Waals surface area contributed by atoms with Crippen LogP contribution in [0.2, 0.25) is 0 Å². The molecule has 10 aromatic rings. The van der Waals surface area contributed by atoms with E-state index in [1.54, 1.807) is 0 Å². The molecular weight excluding hydrogens is 869 g/mol. The van der Waals surface area contributed by atoms with E-state index in [4.69, 9.17) is 20.0 Å². The van der Waals surface area contributed by atoms with Gasteiger partial charge < -0.3 is 9.13 Å². The summed E-state index contributed by atoms with van der Waals surface area (Å²) in [4.78, 5) is 20.8. The van der Waals surface area contributed by atoms with E-state index in [-0.39, 0.29) is 20.6 Å². The molecule has 68 heavy (non-hydrogen) atoms. The first kappa shape index (κ1) is 42.6. The molecular formula is C60H52N6S2. The van der Waals surface area contributed by atoms with E-state index in [1.807, 2.05) is 23.5 Å². The molecule has 6 heterocycles. The number of benzene rings is 6. The SMILES string of the molecule is CC1(C)N=C(c2cccc(-c3ccc4c(c3)c3cc(-c5ccc6c(c5)c5cc(-c7cccc(C8=NC(C)(C)C(C)(C)S8)n7)ccc5n6-c5ccccc5)ccc3n4-c3ccccc3)n2)SC1(C)C. The van der Waals surface area contributed by atoms with Gasteiger partial charge in [0.1, 0.15) is 10.1 Å². The molecule has 0 saturated carbocycles. The number of aromatic nitrogens is 4. The van der Waals surface area contributed by atoms with Crippen molar-refractivity contribution in [1.82, 2.24) is 19.1 Å². The highest BCUT2D eigenvalue weighted by Gasteiger charge is 2.45. The van der Waals surface area contributed by atoms with Gasteiger partial charge in [-0.15, -0.1) is 0 Å². The standard InChI is InChI=1S/C60H52N6S2/c1-57(2)59(5,6)67-55(63-57)49-23-15-21-47(61-49)39-27-31-53-45(35-39)43-33-37(25-29-51(43)65(53)41-17-11-9-12-18-41)38-26-30-52-44(34-38)46-36-40(28-32-54(46)66(52)42-19-13-10-14-20-42)48-22-16-24-50(62-48)56-64-58(3,4)60(7,8)68-56/h9-36H,1-8H3. The summed E-state index contributed by atoms with van der Waals surface area (Å²) in [6, 6.07) is 61.5. The maximum Gasteiger partial charge on any atom is 0.117 e. The Morgan fingerprint density at radius 3 is 1.00 bits per heavy atom. The highest BCUT2D eigenvalue weighted by atomic mass is 32.2. The van der Waals surface area contributed by atoms with Crippen LogP contribution in [0, 0.1) is 0 Å². The van der Waals surface area contributed by atoms with Crippen molar-refractivity contribution in [3.05, 3.63) is 181 Å². The Balaban J connectivity index is 1.00. The molecule has 6 aromatic carbocycles. The van der Waals surface area contributed by atoms with E-state index in [0.29, 0.717) is 0 Å². The fraction of sp³-hybridized carbons (Fsp3) is 0.200. The predicted molar refractivity (Wildman–Crippen MR) is 292 cm³/mol. The van der Waals surface area contributed by atoms with Crippen molar-refractivity contribution in [1.29, 1.82) is 0 Å². The minimum atomic E-state index is -0.183. The summed E-state index contributed by atoms with van der Waals surface area (Å²) in [5.74, 6) is 0. The Bertz CT molecular complexity index is 3490. The summed E-state index contributed by atoms with van der Waals surface area (Å²) < 4.78 is 4.73. The lowest BCUT2D eigenvalue weighted by Gasteiger charge is -2.30. The fourth-order valence-electron chi connectivity index (χ4n) is 9.64. The van der Waals surface area contributed by atoms with Gasteiger partial charge in [-0.25, -0.2) is 9.97 Å². The summed E-state index contributed by atoms with van der Waals surface area (Å²) in [6.45, 7) is 17.9. The normalized spacial score (nSPS) is 17.1. The second kappa shape index (κ2) is 15.4. The van der Waals surface area contributed by atoms with Crippen LogP contribution in [-0.2, 0) is 0 Å². The molecule has 0 saturated heterocycles. The highest BCUT2D eigenvalue weighted by molar-refractivity contribution is 8.16. The molecule has 0 radical (unpaired) electrons. The molecule has 8 heteroatoms. The molecule has 0 bridgehead atoms. The van der Waals surface area contributed by atoms with E-state index >= 15 is 0 Å². The van der Waals surface area contributed by atoms with E-state index in [2.05, 4.69) is 234 Å². The zero-order chi connectivity index (χ0) is 46.7. The number of rotatable bonds is 7. The van der Waals surface area contributed by atoms with Gasteiger partial charge in [0, 0.05) is 53.5 Å². The van der Waals surface area contributed by atoms with Crippen LogP contribution in [0.15, 0.2) is 180 Å². The first-order chi connectivity index (χ1) is 32.6. The molecule has 0 unspecified atom stereocenters. The molecule has 0 aliphatic carbocycles. The van der Waals surface area contributed by atoms with Gasteiger partial charge in [-0.3, -0.25) is 9.98 Å². The van der Waals surface area contributed by atoms with Gasteiger partial charge in [0.25, 0.3) is 0 Å². The van der Waals surface area contributed by atoms with Crippen molar-refractivity contribution in [2.24, 2.45) is 9.98 Å². The predicted octanol–water partition coefficient (Wildman–Crippen LogP) is 15.8. The van der Waals surface area contributed by atoms with Crippen LogP contribution in [0.25, 0.3) is 88.6 Å². The van der Waals surface area contributed by atoms with Gasteiger partial charge in [-0.2, -0.15) is 0 Å². The van der Waals surface area contributed by atoms with E-state index in [1.165, 1.54) is 21.5 Å². The van der Waals surface area contributed by atoms with E-state index < -0.39 is 0 Å². The topological polar surface area (TPSA) is 60.4 Å². The van der Waals surface area contributed by atoms with E-state index in [9.17, 15) is 0 Å². The number of para-hydroxylation sites is 2. The summed E-state index contributed by atoms with van der Waals surface area (Å²) in [6.07, 6.45) is 0. The lowest BCUT2D eigenvalue weighted by molar-refractivity contribution is 0.426. The maximum absolute atomic E-state index is 5.24. The molecule has 6 nitrogen and oxygen atoms in total. The first-order valence-electron chi connectivity index (χ1n) is 23.5. The van der Waals surface area contributed by atoms with Crippen molar-refractivity contribution in [3.63, 3.8) is 0 Å². The smallest absolute Gasteiger partial charge is 0.117 e. The number of fused-ring (bicyclic) bond motifs is 6. The fourth-order valence-corrected chi connectivity index (χ4v) is 12.2. The van der Waals surface area contributed by atoms with Gasteiger partial charge in [0.2, 0.25) is 0 Å². The maximum atomic E-state index is 5.24. The van der Waals surface area contributed by atoms with Crippen molar-refractivity contribution >= 4 is 77.2 Å². The van der Waals surface area contributed by atoms with Gasteiger partial charge in [-0.05, 0) is 164 Å². The highest BCUT2D eigenvalue weighted by Crippen LogP contribution is 2.48. The van der Waals surface area contributed by atoms with Gasteiger partial charge in [0.05, 0.1) is 55.9 Å². The third-order valence-corrected chi connectivity index (χ3v) is 17.8. The molecule has 0 N–H and O–H groups in total. The third kappa shape index (κ3) is 6.86. The largest absolute Gasteiger partial charge is 0.309 e. The molecule has 0 amide bonds. The summed E-state index contributed by atoms with van der Waals surface area (Å²) in [5, 5.41) is 6.75. The summed E-state index contributed by atoms with van der Waals surface area (Å²) >= 11 is 3.63. The number of aliphatic imine (C=N–C) groups is 2. The molecule has 0 atom stereocenters. The molecule has 334 valence electrons. The van der Waals surface area contributed by atoms with Crippen LogP contribution in [-0.4, -0.2) is 49.8 Å². The number of thioether (sulfide) groups is 2. The molecule has 12 rings (SSSR count). The minimum Gasteiger partial charge on any atom is -0.309 e. The Morgan fingerprint density at radius 1 is 0.338 bits per heavy atom. The van der Waals surface area contributed by atoms with Crippen molar-refractivity contribution in [2.75, 3.05) is 0 Å². The number of pyridine rings is 2. The summed E-state index contributed by atoms with van der Waals surface area (Å²) in [5.41, 5.74) is 14.7. The zero-order valence-corrected chi connectivity index (χ0v) is 41.3. The van der Waals surface area contributed by atoms with E-state index in [0.717, 1.165) is 88.6 Å². The van der Waals surface area contributed by atoms with Crippen LogP contribution in [0.1, 0.15) is 66.8 Å². The molecule has 0 fully saturated rings. The molecule has 2 aliphatic heterocycles. The number of hydrogen-bond acceptors (Lipinski definition) is 6. The quantitative estimate of drug-likeness (QED) is 0.160. The Kier molecular flexibility index (Phi) is 9.64. The Labute approximate surface area is 406 Å². The third-order valence-electron chi connectivity index (χ3n) is 14.8. The van der Waals surface area contributed by atoms with Crippen molar-refractivity contribution in [2.45, 2.75) is 76.0 Å². The molecule has 4 aromatic heterocycles. The van der Waals surface area contributed by atoms with Crippen LogP contribution in [0.4, 0.5) is 0 Å². The van der Waals surface area contributed by atoms with Crippen LogP contribution in [0.5, 0.6) is 0 Å². The lowest BCUT2D eigenvalue weighted by Crippen LogP contribution is -2.36.